The summed E-state index contributed by atoms with van der Waals surface area (Å²) in [6.07, 6.45) is 0. The van der Waals surface area contributed by atoms with E-state index >= 15 is 0 Å². The summed E-state index contributed by atoms with van der Waals surface area (Å²) in [5, 5.41) is 0. The van der Waals surface area contributed by atoms with Crippen molar-refractivity contribution >= 4 is 17.1 Å². The first-order valence-electron chi connectivity index (χ1n) is 14.5. The van der Waals surface area contributed by atoms with Gasteiger partial charge in [0.25, 0.3) is 0 Å². The minimum atomic E-state index is 0.590. The highest BCUT2D eigenvalue weighted by Gasteiger charge is 2.28. The van der Waals surface area contributed by atoms with Crippen LogP contribution in [0.2, 0.25) is 0 Å². The quantitative estimate of drug-likeness (QED) is 0.207. The van der Waals surface area contributed by atoms with Gasteiger partial charge in [0.2, 0.25) is 0 Å². The molecule has 7 aromatic rings. The van der Waals surface area contributed by atoms with Crippen LogP contribution in [-0.2, 0) is 0 Å². The van der Waals surface area contributed by atoms with Crippen molar-refractivity contribution in [1.82, 2.24) is 15.0 Å². The monoisotopic (exact) mass is 566 g/mol. The molecule has 0 atom stereocenters. The van der Waals surface area contributed by atoms with Crippen LogP contribution < -0.4 is 9.64 Å². The number of nitrogens with zero attached hydrogens (tertiary/aromatic N) is 4. The van der Waals surface area contributed by atoms with Crippen LogP contribution in [0.15, 0.2) is 158 Å². The largest absolute Gasteiger partial charge is 0.453 e. The van der Waals surface area contributed by atoms with Crippen molar-refractivity contribution in [3.63, 3.8) is 0 Å². The van der Waals surface area contributed by atoms with Gasteiger partial charge in [-0.2, -0.15) is 0 Å². The van der Waals surface area contributed by atoms with Crippen LogP contribution in [0, 0.1) is 0 Å². The van der Waals surface area contributed by atoms with E-state index in [1.54, 1.807) is 0 Å². The van der Waals surface area contributed by atoms with Gasteiger partial charge < -0.3 is 9.64 Å². The van der Waals surface area contributed by atoms with Crippen molar-refractivity contribution in [3.05, 3.63) is 158 Å². The minimum absolute atomic E-state index is 0.590. The van der Waals surface area contributed by atoms with Crippen LogP contribution in [0.5, 0.6) is 11.5 Å². The second-order valence-corrected chi connectivity index (χ2v) is 10.5. The Kier molecular flexibility index (Phi) is 6.39. The second kappa shape index (κ2) is 11.0. The van der Waals surface area contributed by atoms with Gasteiger partial charge in [-0.25, -0.2) is 15.0 Å². The lowest BCUT2D eigenvalue weighted by Gasteiger charge is -2.34. The summed E-state index contributed by atoms with van der Waals surface area (Å²) < 4.78 is 6.34. The second-order valence-electron chi connectivity index (χ2n) is 10.5. The first-order valence-corrected chi connectivity index (χ1v) is 14.5. The van der Waals surface area contributed by atoms with E-state index in [-0.39, 0.29) is 0 Å². The van der Waals surface area contributed by atoms with Crippen LogP contribution in [-0.4, -0.2) is 15.0 Å². The van der Waals surface area contributed by atoms with Gasteiger partial charge in [0, 0.05) is 16.7 Å². The van der Waals surface area contributed by atoms with Gasteiger partial charge in [0.15, 0.2) is 29.0 Å². The third kappa shape index (κ3) is 4.67. The number of hydrogen-bond acceptors (Lipinski definition) is 5. The molecule has 1 aromatic heterocycles. The SMILES string of the molecule is c1ccc(-c2ccc(N3c4ccccc4Oc4ccccc43)c(-c3nc(-c4ccccc4)nc(-c4ccccc4)n3)c2)cc1. The summed E-state index contributed by atoms with van der Waals surface area (Å²) >= 11 is 0. The van der Waals surface area contributed by atoms with Crippen LogP contribution in [0.1, 0.15) is 0 Å². The number of rotatable bonds is 5. The minimum Gasteiger partial charge on any atom is -0.453 e. The molecule has 0 radical (unpaired) electrons. The van der Waals surface area contributed by atoms with E-state index in [4.69, 9.17) is 19.7 Å². The zero-order chi connectivity index (χ0) is 29.3. The van der Waals surface area contributed by atoms with Crippen molar-refractivity contribution in [2.24, 2.45) is 0 Å². The van der Waals surface area contributed by atoms with E-state index in [2.05, 4.69) is 59.5 Å². The number of benzene rings is 6. The topological polar surface area (TPSA) is 51.1 Å². The molecule has 0 saturated heterocycles. The molecule has 0 spiro atoms. The first-order chi connectivity index (χ1) is 21.8. The van der Waals surface area contributed by atoms with E-state index in [9.17, 15) is 0 Å². The van der Waals surface area contributed by atoms with Gasteiger partial charge in [-0.05, 0) is 47.5 Å². The fraction of sp³-hybridized carbons (Fsp3) is 0. The number of para-hydroxylation sites is 4. The lowest BCUT2D eigenvalue weighted by atomic mass is 9.99. The molecule has 0 N–H and O–H groups in total. The van der Waals surface area contributed by atoms with E-state index in [0.29, 0.717) is 17.5 Å². The lowest BCUT2D eigenvalue weighted by molar-refractivity contribution is 0.477. The Morgan fingerprint density at radius 1 is 0.364 bits per heavy atom. The molecule has 44 heavy (non-hydrogen) atoms. The molecule has 0 aliphatic carbocycles. The summed E-state index contributed by atoms with van der Waals surface area (Å²) in [6.45, 7) is 0. The van der Waals surface area contributed by atoms with Crippen LogP contribution in [0.25, 0.3) is 45.3 Å². The highest BCUT2D eigenvalue weighted by atomic mass is 16.5. The Balaban J connectivity index is 1.42. The van der Waals surface area contributed by atoms with Crippen molar-refractivity contribution in [3.8, 4) is 56.8 Å². The number of ether oxygens (including phenoxy) is 1. The molecule has 0 saturated carbocycles. The van der Waals surface area contributed by atoms with Crippen molar-refractivity contribution < 1.29 is 4.74 Å². The summed E-state index contributed by atoms with van der Waals surface area (Å²) in [5.74, 6) is 3.40. The van der Waals surface area contributed by atoms with Gasteiger partial charge in [0.1, 0.15) is 0 Å². The Hall–Kier alpha value is -6.07. The molecule has 5 nitrogen and oxygen atoms in total. The summed E-state index contributed by atoms with van der Waals surface area (Å²) in [5.41, 5.74) is 7.76. The molecule has 1 aliphatic heterocycles. The maximum absolute atomic E-state index is 6.34. The molecule has 6 aromatic carbocycles. The molecule has 0 bridgehead atoms. The van der Waals surface area contributed by atoms with Crippen molar-refractivity contribution in [2.45, 2.75) is 0 Å². The smallest absolute Gasteiger partial charge is 0.166 e. The van der Waals surface area contributed by atoms with Gasteiger partial charge >= 0.3 is 0 Å². The van der Waals surface area contributed by atoms with Crippen LogP contribution in [0.4, 0.5) is 17.1 Å². The highest BCUT2D eigenvalue weighted by Crippen LogP contribution is 2.52. The van der Waals surface area contributed by atoms with Gasteiger partial charge in [-0.1, -0.05) is 121 Å². The van der Waals surface area contributed by atoms with Crippen LogP contribution in [0.3, 0.4) is 0 Å². The molecule has 0 amide bonds. The van der Waals surface area contributed by atoms with E-state index in [0.717, 1.165) is 56.4 Å². The molecule has 0 unspecified atom stereocenters. The number of hydrogen-bond donors (Lipinski definition) is 0. The molecule has 8 rings (SSSR count). The fourth-order valence-electron chi connectivity index (χ4n) is 5.61. The molecule has 5 heteroatoms. The average Bonchev–Trinajstić information content (AvgIpc) is 3.11. The molecular weight excluding hydrogens is 540 g/mol. The Bertz CT molecular complexity index is 1990. The standard InChI is InChI=1S/C39H26N4O/c1-4-14-27(15-5-1)30-24-25-32(43-33-20-10-12-22-35(33)44-36-23-13-11-21-34(36)43)31(26-30)39-41-37(28-16-6-2-7-17-28)40-38(42-39)29-18-8-3-9-19-29/h1-26H. The van der Waals surface area contributed by atoms with Gasteiger partial charge in [-0.15, -0.1) is 0 Å². The lowest BCUT2D eigenvalue weighted by Crippen LogP contribution is -2.17. The zero-order valence-corrected chi connectivity index (χ0v) is 23.7. The molecular formula is C39H26N4O. The van der Waals surface area contributed by atoms with Crippen LogP contribution >= 0.6 is 0 Å². The normalized spacial score (nSPS) is 11.8. The van der Waals surface area contributed by atoms with Gasteiger partial charge in [-0.3, -0.25) is 0 Å². The van der Waals surface area contributed by atoms with E-state index in [1.807, 2.05) is 103 Å². The maximum atomic E-state index is 6.34. The van der Waals surface area contributed by atoms with Gasteiger partial charge in [0.05, 0.1) is 17.1 Å². The number of anilines is 3. The molecule has 1 aliphatic rings. The van der Waals surface area contributed by atoms with E-state index in [1.165, 1.54) is 0 Å². The molecule has 208 valence electrons. The number of aromatic nitrogens is 3. The molecule has 0 fully saturated rings. The number of fused-ring (bicyclic) bond motifs is 2. The first kappa shape index (κ1) is 25.6. The third-order valence-corrected chi connectivity index (χ3v) is 7.72. The maximum Gasteiger partial charge on any atom is 0.166 e. The van der Waals surface area contributed by atoms with Crippen molar-refractivity contribution in [2.75, 3.05) is 4.90 Å². The Labute approximate surface area is 255 Å². The Morgan fingerprint density at radius 3 is 1.36 bits per heavy atom. The predicted molar refractivity (Wildman–Crippen MR) is 176 cm³/mol. The summed E-state index contributed by atoms with van der Waals surface area (Å²) in [6, 6.07) is 53.2. The fourth-order valence-corrected chi connectivity index (χ4v) is 5.61. The zero-order valence-electron chi connectivity index (χ0n) is 23.7. The Morgan fingerprint density at radius 2 is 0.818 bits per heavy atom. The highest BCUT2D eigenvalue weighted by molar-refractivity contribution is 5.93. The molecule has 2 heterocycles. The predicted octanol–water partition coefficient (Wildman–Crippen LogP) is 10.1. The van der Waals surface area contributed by atoms with E-state index < -0.39 is 0 Å². The summed E-state index contributed by atoms with van der Waals surface area (Å²) in [4.78, 5) is 17.4. The van der Waals surface area contributed by atoms with Crippen molar-refractivity contribution in [1.29, 1.82) is 0 Å². The average molecular weight is 567 g/mol. The summed E-state index contributed by atoms with van der Waals surface area (Å²) in [7, 11) is 0. The third-order valence-electron chi connectivity index (χ3n) is 7.72.